The number of thiophene rings is 1. The van der Waals surface area contributed by atoms with Gasteiger partial charge in [0.15, 0.2) is 0 Å². The Morgan fingerprint density at radius 2 is 2.06 bits per heavy atom. The molecule has 100 valence electrons. The van der Waals surface area contributed by atoms with Crippen LogP contribution < -0.4 is 5.32 Å². The number of nitrogens with one attached hydrogen (secondary N) is 1. The zero-order valence-corrected chi connectivity index (χ0v) is 11.9. The van der Waals surface area contributed by atoms with E-state index in [2.05, 4.69) is 5.32 Å². The molecule has 0 aromatic carbocycles. The van der Waals surface area contributed by atoms with Crippen LogP contribution in [0.25, 0.3) is 0 Å². The SMILES string of the molecule is CCc1sc(C(=O)NC(C(=O)O)C(C)C)cc1C. The molecule has 5 heteroatoms. The van der Waals surface area contributed by atoms with Gasteiger partial charge in [-0.05, 0) is 30.9 Å². The second kappa shape index (κ2) is 6.00. The van der Waals surface area contributed by atoms with E-state index in [-0.39, 0.29) is 11.8 Å². The number of carboxylic acids is 1. The lowest BCUT2D eigenvalue weighted by molar-refractivity contribution is -0.140. The molecule has 0 aliphatic heterocycles. The van der Waals surface area contributed by atoms with Crippen molar-refractivity contribution in [2.45, 2.75) is 40.2 Å². The molecule has 4 nitrogen and oxygen atoms in total. The first-order valence-electron chi connectivity index (χ1n) is 5.99. The Hall–Kier alpha value is -1.36. The fraction of sp³-hybridized carbons (Fsp3) is 0.538. The fourth-order valence-electron chi connectivity index (χ4n) is 1.71. The van der Waals surface area contributed by atoms with E-state index in [0.717, 1.165) is 16.9 Å². The van der Waals surface area contributed by atoms with Crippen LogP contribution in [0.2, 0.25) is 0 Å². The summed E-state index contributed by atoms with van der Waals surface area (Å²) >= 11 is 1.43. The van der Waals surface area contributed by atoms with Gasteiger partial charge in [-0.3, -0.25) is 4.79 Å². The van der Waals surface area contributed by atoms with Crippen LogP contribution in [0.3, 0.4) is 0 Å². The first-order chi connectivity index (χ1) is 8.36. The molecule has 0 saturated heterocycles. The average Bonchev–Trinajstić information content (AvgIpc) is 2.66. The molecule has 0 aliphatic rings. The minimum Gasteiger partial charge on any atom is -0.480 e. The highest BCUT2D eigenvalue weighted by molar-refractivity contribution is 7.14. The highest BCUT2D eigenvalue weighted by Crippen LogP contribution is 2.22. The number of amides is 1. The lowest BCUT2D eigenvalue weighted by Gasteiger charge is -2.17. The summed E-state index contributed by atoms with van der Waals surface area (Å²) in [5.74, 6) is -1.44. The van der Waals surface area contributed by atoms with Crippen molar-refractivity contribution in [3.05, 3.63) is 21.4 Å². The standard InChI is InChI=1S/C13H19NO3S/c1-5-9-8(4)6-10(18-9)12(15)14-11(7(2)3)13(16)17/h6-7,11H,5H2,1-4H3,(H,14,15)(H,16,17). The summed E-state index contributed by atoms with van der Waals surface area (Å²) in [5, 5.41) is 11.6. The van der Waals surface area contributed by atoms with Gasteiger partial charge in [0.1, 0.15) is 6.04 Å². The Labute approximate surface area is 111 Å². The van der Waals surface area contributed by atoms with Crippen molar-refractivity contribution in [2.75, 3.05) is 0 Å². The van der Waals surface area contributed by atoms with Crippen molar-refractivity contribution >= 4 is 23.2 Å². The van der Waals surface area contributed by atoms with Gasteiger partial charge in [-0.15, -0.1) is 11.3 Å². The molecule has 1 aromatic rings. The molecule has 1 amide bonds. The summed E-state index contributed by atoms with van der Waals surface area (Å²) in [5.41, 5.74) is 1.09. The number of rotatable bonds is 5. The summed E-state index contributed by atoms with van der Waals surface area (Å²) in [6.45, 7) is 7.55. The molecule has 0 saturated carbocycles. The van der Waals surface area contributed by atoms with Crippen LogP contribution in [0.4, 0.5) is 0 Å². The molecule has 0 fully saturated rings. The van der Waals surface area contributed by atoms with Crippen molar-refractivity contribution in [1.82, 2.24) is 5.32 Å². The van der Waals surface area contributed by atoms with Crippen molar-refractivity contribution in [1.29, 1.82) is 0 Å². The molecule has 0 spiro atoms. The molecule has 0 aliphatic carbocycles. The van der Waals surface area contributed by atoms with Gasteiger partial charge in [0.25, 0.3) is 5.91 Å². The van der Waals surface area contributed by atoms with Crippen molar-refractivity contribution in [3.8, 4) is 0 Å². The van der Waals surface area contributed by atoms with Gasteiger partial charge in [-0.25, -0.2) is 4.79 Å². The van der Waals surface area contributed by atoms with E-state index < -0.39 is 12.0 Å². The Morgan fingerprint density at radius 3 is 2.44 bits per heavy atom. The monoisotopic (exact) mass is 269 g/mol. The molecule has 1 unspecified atom stereocenters. The maximum absolute atomic E-state index is 12.0. The first-order valence-corrected chi connectivity index (χ1v) is 6.81. The van der Waals surface area contributed by atoms with E-state index in [9.17, 15) is 9.59 Å². The maximum Gasteiger partial charge on any atom is 0.326 e. The lowest BCUT2D eigenvalue weighted by atomic mass is 10.0. The Kier molecular flexibility index (Phi) is 4.90. The van der Waals surface area contributed by atoms with Gasteiger partial charge in [-0.2, -0.15) is 0 Å². The van der Waals surface area contributed by atoms with Gasteiger partial charge in [0.2, 0.25) is 0 Å². The summed E-state index contributed by atoms with van der Waals surface area (Å²) in [4.78, 5) is 24.7. The smallest absolute Gasteiger partial charge is 0.326 e. The summed E-state index contributed by atoms with van der Waals surface area (Å²) < 4.78 is 0. The molecule has 1 rings (SSSR count). The molecule has 1 heterocycles. The van der Waals surface area contributed by atoms with Crippen LogP contribution in [-0.2, 0) is 11.2 Å². The maximum atomic E-state index is 12.0. The molecule has 1 atom stereocenters. The van der Waals surface area contributed by atoms with Crippen LogP contribution >= 0.6 is 11.3 Å². The summed E-state index contributed by atoms with van der Waals surface area (Å²) in [6, 6.07) is 0.975. The second-order valence-electron chi connectivity index (χ2n) is 4.60. The zero-order valence-electron chi connectivity index (χ0n) is 11.1. The predicted octanol–water partition coefficient (Wildman–Crippen LogP) is 2.46. The average molecular weight is 269 g/mol. The lowest BCUT2D eigenvalue weighted by Crippen LogP contribution is -2.44. The van der Waals surface area contributed by atoms with Gasteiger partial charge >= 0.3 is 5.97 Å². The van der Waals surface area contributed by atoms with E-state index in [4.69, 9.17) is 5.11 Å². The number of carboxylic acid groups (broad SMARTS) is 1. The minimum absolute atomic E-state index is 0.141. The van der Waals surface area contributed by atoms with Gasteiger partial charge < -0.3 is 10.4 Å². The topological polar surface area (TPSA) is 66.4 Å². The third-order valence-corrected chi connectivity index (χ3v) is 4.17. The predicted molar refractivity (Wildman–Crippen MR) is 72.2 cm³/mol. The molecular formula is C13H19NO3S. The van der Waals surface area contributed by atoms with Crippen LogP contribution in [-0.4, -0.2) is 23.0 Å². The van der Waals surface area contributed by atoms with E-state index in [1.807, 2.05) is 19.9 Å². The highest BCUT2D eigenvalue weighted by atomic mass is 32.1. The zero-order chi connectivity index (χ0) is 13.9. The van der Waals surface area contributed by atoms with Crippen molar-refractivity contribution in [3.63, 3.8) is 0 Å². The van der Waals surface area contributed by atoms with Crippen LogP contribution in [0, 0.1) is 12.8 Å². The number of aryl methyl sites for hydroxylation is 2. The Morgan fingerprint density at radius 1 is 1.44 bits per heavy atom. The van der Waals surface area contributed by atoms with Crippen LogP contribution in [0.1, 0.15) is 40.9 Å². The molecule has 1 aromatic heterocycles. The first kappa shape index (κ1) is 14.7. The van der Waals surface area contributed by atoms with E-state index in [0.29, 0.717) is 4.88 Å². The fourth-order valence-corrected chi connectivity index (χ4v) is 2.73. The number of carbonyl (C=O) groups is 2. The Bertz CT molecular complexity index is 451. The highest BCUT2D eigenvalue weighted by Gasteiger charge is 2.24. The summed E-state index contributed by atoms with van der Waals surface area (Å²) in [6.07, 6.45) is 0.885. The summed E-state index contributed by atoms with van der Waals surface area (Å²) in [7, 11) is 0. The number of hydrogen-bond donors (Lipinski definition) is 2. The largest absolute Gasteiger partial charge is 0.480 e. The van der Waals surface area contributed by atoms with Crippen LogP contribution in [0.15, 0.2) is 6.07 Å². The number of hydrogen-bond acceptors (Lipinski definition) is 3. The minimum atomic E-state index is -0.998. The second-order valence-corrected chi connectivity index (χ2v) is 5.74. The third-order valence-electron chi connectivity index (χ3n) is 2.78. The molecule has 2 N–H and O–H groups in total. The quantitative estimate of drug-likeness (QED) is 0.863. The normalized spacial score (nSPS) is 12.5. The van der Waals surface area contributed by atoms with Gasteiger partial charge in [-0.1, -0.05) is 20.8 Å². The van der Waals surface area contributed by atoms with E-state index in [1.165, 1.54) is 11.3 Å². The van der Waals surface area contributed by atoms with E-state index in [1.54, 1.807) is 13.8 Å². The molecular weight excluding hydrogens is 250 g/mol. The van der Waals surface area contributed by atoms with Crippen molar-refractivity contribution < 1.29 is 14.7 Å². The number of aliphatic carboxylic acids is 1. The van der Waals surface area contributed by atoms with Crippen molar-refractivity contribution in [2.24, 2.45) is 5.92 Å². The molecule has 18 heavy (non-hydrogen) atoms. The van der Waals surface area contributed by atoms with Gasteiger partial charge in [0, 0.05) is 4.88 Å². The van der Waals surface area contributed by atoms with Crippen LogP contribution in [0.5, 0.6) is 0 Å². The molecule has 0 radical (unpaired) electrons. The van der Waals surface area contributed by atoms with E-state index >= 15 is 0 Å². The number of carbonyl (C=O) groups excluding carboxylic acids is 1. The Balaban J connectivity index is 2.83. The molecule has 0 bridgehead atoms. The van der Waals surface area contributed by atoms with Gasteiger partial charge in [0.05, 0.1) is 4.88 Å². The third kappa shape index (κ3) is 3.32.